The third-order valence-electron chi connectivity index (χ3n) is 2.34. The molecule has 17 heavy (non-hydrogen) atoms. The highest BCUT2D eigenvalue weighted by molar-refractivity contribution is 9.10. The fraction of sp³-hybridized carbons (Fsp3) is 0.455. The summed E-state index contributed by atoms with van der Waals surface area (Å²) in [5.74, 6) is -0.130. The Morgan fingerprint density at radius 2 is 2.35 bits per heavy atom. The standard InChI is InChI=1S/C11H16BrN3O2/c1-7-9(3-4-10(12)14-7)15-11(16)5-8(6-13)17-2/h3-4,8H,5-6,13H2,1-2H3,(H,15,16). The van der Waals surface area contributed by atoms with Gasteiger partial charge < -0.3 is 15.8 Å². The number of aromatic nitrogens is 1. The molecule has 0 saturated heterocycles. The van der Waals surface area contributed by atoms with Crippen LogP contribution in [0.5, 0.6) is 0 Å². The second-order valence-corrected chi connectivity index (χ2v) is 4.43. The van der Waals surface area contributed by atoms with Crippen molar-refractivity contribution in [3.63, 3.8) is 0 Å². The minimum Gasteiger partial charge on any atom is -0.380 e. The fourth-order valence-electron chi connectivity index (χ4n) is 1.33. The average Bonchev–Trinajstić information content (AvgIpc) is 2.29. The summed E-state index contributed by atoms with van der Waals surface area (Å²) in [7, 11) is 1.54. The third-order valence-corrected chi connectivity index (χ3v) is 2.78. The molecule has 1 amide bonds. The molecule has 0 saturated carbocycles. The second kappa shape index (κ2) is 6.68. The highest BCUT2D eigenvalue weighted by Crippen LogP contribution is 2.16. The molecule has 0 fully saturated rings. The van der Waals surface area contributed by atoms with Crippen LogP contribution >= 0.6 is 15.9 Å². The maximum Gasteiger partial charge on any atom is 0.227 e. The summed E-state index contributed by atoms with van der Waals surface area (Å²) in [5, 5.41) is 2.78. The van der Waals surface area contributed by atoms with Crippen LogP contribution in [0.3, 0.4) is 0 Å². The van der Waals surface area contributed by atoms with Gasteiger partial charge in [0.2, 0.25) is 5.91 Å². The van der Waals surface area contributed by atoms with Crippen molar-refractivity contribution >= 4 is 27.5 Å². The molecule has 0 aromatic carbocycles. The number of methoxy groups -OCH3 is 1. The molecule has 1 rings (SSSR count). The van der Waals surface area contributed by atoms with E-state index in [9.17, 15) is 4.79 Å². The van der Waals surface area contributed by atoms with E-state index in [-0.39, 0.29) is 18.4 Å². The third kappa shape index (κ3) is 4.41. The summed E-state index contributed by atoms with van der Waals surface area (Å²) < 4.78 is 5.79. The van der Waals surface area contributed by atoms with Crippen LogP contribution in [-0.4, -0.2) is 30.6 Å². The Kier molecular flexibility index (Phi) is 5.54. The van der Waals surface area contributed by atoms with Gasteiger partial charge in [-0.05, 0) is 35.0 Å². The summed E-state index contributed by atoms with van der Waals surface area (Å²) in [5.41, 5.74) is 6.91. The van der Waals surface area contributed by atoms with E-state index in [1.54, 1.807) is 12.1 Å². The van der Waals surface area contributed by atoms with Gasteiger partial charge >= 0.3 is 0 Å². The molecule has 0 spiro atoms. The molecular weight excluding hydrogens is 286 g/mol. The average molecular weight is 302 g/mol. The van der Waals surface area contributed by atoms with Crippen LogP contribution < -0.4 is 11.1 Å². The summed E-state index contributed by atoms with van der Waals surface area (Å²) in [6, 6.07) is 3.58. The van der Waals surface area contributed by atoms with Crippen molar-refractivity contribution in [2.24, 2.45) is 5.73 Å². The quantitative estimate of drug-likeness (QED) is 0.807. The van der Waals surface area contributed by atoms with Gasteiger partial charge in [-0.15, -0.1) is 0 Å². The molecule has 0 aliphatic heterocycles. The monoisotopic (exact) mass is 301 g/mol. The highest BCUT2D eigenvalue weighted by atomic mass is 79.9. The van der Waals surface area contributed by atoms with E-state index < -0.39 is 0 Å². The van der Waals surface area contributed by atoms with Crippen LogP contribution in [0.2, 0.25) is 0 Å². The van der Waals surface area contributed by atoms with E-state index in [4.69, 9.17) is 10.5 Å². The number of rotatable bonds is 5. The first-order valence-electron chi connectivity index (χ1n) is 5.22. The van der Waals surface area contributed by atoms with Gasteiger partial charge in [-0.25, -0.2) is 4.98 Å². The van der Waals surface area contributed by atoms with Crippen molar-refractivity contribution in [2.75, 3.05) is 19.0 Å². The molecular formula is C11H16BrN3O2. The zero-order chi connectivity index (χ0) is 12.8. The number of pyridine rings is 1. The van der Waals surface area contributed by atoms with Gasteiger partial charge in [0.05, 0.1) is 23.9 Å². The first kappa shape index (κ1) is 14.1. The number of halogens is 1. The van der Waals surface area contributed by atoms with E-state index in [0.717, 1.165) is 10.3 Å². The van der Waals surface area contributed by atoms with Crippen LogP contribution in [0.1, 0.15) is 12.1 Å². The fourth-order valence-corrected chi connectivity index (χ4v) is 1.73. The van der Waals surface area contributed by atoms with Crippen molar-refractivity contribution in [1.82, 2.24) is 4.98 Å². The van der Waals surface area contributed by atoms with Gasteiger partial charge in [0.25, 0.3) is 0 Å². The van der Waals surface area contributed by atoms with Crippen LogP contribution in [0, 0.1) is 6.92 Å². The number of aryl methyl sites for hydroxylation is 1. The Labute approximate surface area is 109 Å². The van der Waals surface area contributed by atoms with Gasteiger partial charge in [0, 0.05) is 13.7 Å². The van der Waals surface area contributed by atoms with Crippen LogP contribution in [0.25, 0.3) is 0 Å². The molecule has 94 valence electrons. The zero-order valence-electron chi connectivity index (χ0n) is 9.87. The number of carbonyl (C=O) groups excluding carboxylic acids is 1. The number of nitrogens with zero attached hydrogens (tertiary/aromatic N) is 1. The summed E-state index contributed by atoms with van der Waals surface area (Å²) >= 11 is 3.26. The second-order valence-electron chi connectivity index (χ2n) is 3.61. The van der Waals surface area contributed by atoms with Gasteiger partial charge in [0.15, 0.2) is 0 Å². The lowest BCUT2D eigenvalue weighted by molar-refractivity contribution is -0.118. The predicted molar refractivity (Wildman–Crippen MR) is 69.8 cm³/mol. The van der Waals surface area contributed by atoms with Crippen LogP contribution in [0.4, 0.5) is 5.69 Å². The number of carbonyl (C=O) groups is 1. The first-order valence-corrected chi connectivity index (χ1v) is 6.02. The van der Waals surface area contributed by atoms with Gasteiger partial charge in [-0.3, -0.25) is 4.79 Å². The molecule has 5 nitrogen and oxygen atoms in total. The van der Waals surface area contributed by atoms with Crippen molar-refractivity contribution in [3.05, 3.63) is 22.4 Å². The number of hydrogen-bond donors (Lipinski definition) is 2. The van der Waals surface area contributed by atoms with Gasteiger partial charge in [-0.1, -0.05) is 0 Å². The maximum absolute atomic E-state index is 11.7. The molecule has 3 N–H and O–H groups in total. The lowest BCUT2D eigenvalue weighted by Crippen LogP contribution is -2.28. The molecule has 1 aromatic heterocycles. The SMILES string of the molecule is COC(CN)CC(=O)Nc1ccc(Br)nc1C. The minimum atomic E-state index is -0.251. The lowest BCUT2D eigenvalue weighted by Gasteiger charge is -2.13. The number of anilines is 1. The number of ether oxygens (including phenoxy) is 1. The molecule has 1 heterocycles. The summed E-state index contributed by atoms with van der Waals surface area (Å²) in [4.78, 5) is 15.9. The Hall–Kier alpha value is -0.980. The maximum atomic E-state index is 11.7. The first-order chi connectivity index (χ1) is 8.06. The van der Waals surface area contributed by atoms with E-state index in [1.807, 2.05) is 6.92 Å². The number of amides is 1. The van der Waals surface area contributed by atoms with E-state index >= 15 is 0 Å². The smallest absolute Gasteiger partial charge is 0.227 e. The Morgan fingerprint density at radius 1 is 1.65 bits per heavy atom. The Bertz CT molecular complexity index is 394. The van der Waals surface area contributed by atoms with Gasteiger partial charge in [0.1, 0.15) is 4.60 Å². The van der Waals surface area contributed by atoms with Crippen molar-refractivity contribution in [2.45, 2.75) is 19.4 Å². The topological polar surface area (TPSA) is 77.2 Å². The van der Waals surface area contributed by atoms with Crippen LogP contribution in [0.15, 0.2) is 16.7 Å². The molecule has 0 bridgehead atoms. The molecule has 1 aromatic rings. The summed E-state index contributed by atoms with van der Waals surface area (Å²) in [6.45, 7) is 2.15. The van der Waals surface area contributed by atoms with E-state index in [1.165, 1.54) is 7.11 Å². The zero-order valence-corrected chi connectivity index (χ0v) is 11.5. The largest absolute Gasteiger partial charge is 0.380 e. The number of nitrogens with one attached hydrogen (secondary N) is 1. The predicted octanol–water partition coefficient (Wildman–Crippen LogP) is 1.45. The lowest BCUT2D eigenvalue weighted by atomic mass is 10.2. The van der Waals surface area contributed by atoms with Crippen molar-refractivity contribution < 1.29 is 9.53 Å². The molecule has 6 heteroatoms. The minimum absolute atomic E-state index is 0.130. The number of nitrogens with two attached hydrogens (primary N) is 1. The van der Waals surface area contributed by atoms with E-state index in [0.29, 0.717) is 12.2 Å². The highest BCUT2D eigenvalue weighted by Gasteiger charge is 2.12. The van der Waals surface area contributed by atoms with Gasteiger partial charge in [-0.2, -0.15) is 0 Å². The van der Waals surface area contributed by atoms with Crippen molar-refractivity contribution in [1.29, 1.82) is 0 Å². The van der Waals surface area contributed by atoms with Crippen LogP contribution in [-0.2, 0) is 9.53 Å². The Morgan fingerprint density at radius 3 is 2.88 bits per heavy atom. The normalized spacial score (nSPS) is 12.2. The molecule has 0 aliphatic rings. The van der Waals surface area contributed by atoms with Crippen molar-refractivity contribution in [3.8, 4) is 0 Å². The number of hydrogen-bond acceptors (Lipinski definition) is 4. The molecule has 1 unspecified atom stereocenters. The molecule has 1 atom stereocenters. The molecule has 0 radical (unpaired) electrons. The Balaban J connectivity index is 2.62. The van der Waals surface area contributed by atoms with E-state index in [2.05, 4.69) is 26.2 Å². The summed E-state index contributed by atoms with van der Waals surface area (Å²) in [6.07, 6.45) is -0.0126. The molecule has 0 aliphatic carbocycles.